The second-order valence-corrected chi connectivity index (χ2v) is 4.82. The first-order valence-corrected chi connectivity index (χ1v) is 6.88. The van der Waals surface area contributed by atoms with E-state index in [4.69, 9.17) is 5.73 Å². The molecule has 0 aliphatic rings. The summed E-state index contributed by atoms with van der Waals surface area (Å²) in [6.07, 6.45) is 2.38. The number of hydrogen-bond donors (Lipinski definition) is 3. The first-order chi connectivity index (χ1) is 8.95. The summed E-state index contributed by atoms with van der Waals surface area (Å²) in [7, 11) is 0. The summed E-state index contributed by atoms with van der Waals surface area (Å²) in [4.78, 5) is 21.9. The van der Waals surface area contributed by atoms with E-state index in [9.17, 15) is 20.0 Å². The lowest BCUT2D eigenvalue weighted by molar-refractivity contribution is -0.384. The van der Waals surface area contributed by atoms with Crippen molar-refractivity contribution >= 4 is 29.0 Å². The maximum absolute atomic E-state index is 11.7. The van der Waals surface area contributed by atoms with Gasteiger partial charge in [-0.15, -0.1) is 0 Å². The van der Waals surface area contributed by atoms with Gasteiger partial charge in [-0.05, 0) is 30.6 Å². The maximum Gasteiger partial charge on any atom is 0.296 e. The Hall–Kier alpha value is -1.80. The van der Waals surface area contributed by atoms with Gasteiger partial charge in [0.15, 0.2) is 0 Å². The molecule has 1 aromatic carbocycles. The molecule has 104 valence electrons. The Labute approximate surface area is 114 Å². The van der Waals surface area contributed by atoms with Gasteiger partial charge in [0.25, 0.3) is 5.69 Å². The second kappa shape index (κ2) is 6.95. The van der Waals surface area contributed by atoms with Gasteiger partial charge in [0.1, 0.15) is 11.4 Å². The third-order valence-electron chi connectivity index (χ3n) is 2.41. The van der Waals surface area contributed by atoms with E-state index in [2.05, 4.69) is 5.32 Å². The molecule has 0 bridgehead atoms. The summed E-state index contributed by atoms with van der Waals surface area (Å²) < 4.78 is 0. The van der Waals surface area contributed by atoms with Crippen LogP contribution in [-0.4, -0.2) is 34.0 Å². The number of phenolic OH excluding ortho intramolecular Hbond substituents is 1. The Bertz CT molecular complexity index is 481. The molecule has 0 radical (unpaired) electrons. The summed E-state index contributed by atoms with van der Waals surface area (Å²) in [6, 6.07) is 2.78. The van der Waals surface area contributed by atoms with Gasteiger partial charge < -0.3 is 16.2 Å². The number of thioether (sulfide) groups is 1. The highest BCUT2D eigenvalue weighted by Crippen LogP contribution is 2.28. The number of nitro groups is 1. The van der Waals surface area contributed by atoms with Crippen molar-refractivity contribution in [2.24, 2.45) is 5.73 Å². The molecule has 0 saturated heterocycles. The third kappa shape index (κ3) is 4.42. The summed E-state index contributed by atoms with van der Waals surface area (Å²) >= 11 is 1.56. The van der Waals surface area contributed by atoms with Crippen LogP contribution in [0.15, 0.2) is 18.2 Å². The highest BCUT2D eigenvalue weighted by Gasteiger charge is 2.19. The average molecular weight is 285 g/mol. The van der Waals surface area contributed by atoms with Crippen LogP contribution in [0.25, 0.3) is 0 Å². The van der Waals surface area contributed by atoms with Crippen LogP contribution < -0.4 is 11.1 Å². The van der Waals surface area contributed by atoms with Gasteiger partial charge in [0.2, 0.25) is 5.91 Å². The zero-order valence-corrected chi connectivity index (χ0v) is 11.1. The van der Waals surface area contributed by atoms with E-state index in [0.717, 1.165) is 11.8 Å². The fourth-order valence-corrected chi connectivity index (χ4v) is 1.87. The zero-order valence-electron chi connectivity index (χ0n) is 10.3. The van der Waals surface area contributed by atoms with E-state index in [0.29, 0.717) is 6.42 Å². The predicted octanol–water partition coefficient (Wildman–Crippen LogP) is 1.32. The van der Waals surface area contributed by atoms with Crippen LogP contribution in [0.3, 0.4) is 0 Å². The predicted molar refractivity (Wildman–Crippen MR) is 74.4 cm³/mol. The molecule has 1 rings (SSSR count). The normalized spacial score (nSPS) is 11.9. The van der Waals surface area contributed by atoms with Crippen molar-refractivity contribution in [1.82, 2.24) is 0 Å². The number of nitrogens with zero attached hydrogens (tertiary/aromatic N) is 1. The SMILES string of the molecule is CSCC[C@@H](N)C(=O)Nc1ccc(O)cc1[N+](=O)[O-]. The molecule has 0 spiro atoms. The Morgan fingerprint density at radius 1 is 1.63 bits per heavy atom. The van der Waals surface area contributed by atoms with Gasteiger partial charge in [-0.25, -0.2) is 0 Å². The van der Waals surface area contributed by atoms with Crippen molar-refractivity contribution in [3.05, 3.63) is 28.3 Å². The fraction of sp³-hybridized carbons (Fsp3) is 0.364. The van der Waals surface area contributed by atoms with Crippen LogP contribution >= 0.6 is 11.8 Å². The van der Waals surface area contributed by atoms with Crippen molar-refractivity contribution < 1.29 is 14.8 Å². The second-order valence-electron chi connectivity index (χ2n) is 3.84. The first-order valence-electron chi connectivity index (χ1n) is 5.48. The van der Waals surface area contributed by atoms with E-state index >= 15 is 0 Å². The highest BCUT2D eigenvalue weighted by molar-refractivity contribution is 7.98. The highest BCUT2D eigenvalue weighted by atomic mass is 32.2. The number of nitro benzene ring substituents is 1. The van der Waals surface area contributed by atoms with Gasteiger partial charge in [-0.1, -0.05) is 0 Å². The summed E-state index contributed by atoms with van der Waals surface area (Å²) in [5, 5.41) is 22.4. The Kier molecular flexibility index (Phi) is 5.58. The summed E-state index contributed by atoms with van der Waals surface area (Å²) in [5.74, 6) is 0.00549. The number of carbonyl (C=O) groups is 1. The molecule has 0 fully saturated rings. The number of anilines is 1. The Balaban J connectivity index is 2.81. The van der Waals surface area contributed by atoms with Gasteiger partial charge in [-0.3, -0.25) is 14.9 Å². The monoisotopic (exact) mass is 285 g/mol. The number of benzene rings is 1. The third-order valence-corrected chi connectivity index (χ3v) is 3.05. The lowest BCUT2D eigenvalue weighted by Crippen LogP contribution is -2.36. The van der Waals surface area contributed by atoms with Crippen molar-refractivity contribution in [3.63, 3.8) is 0 Å². The topological polar surface area (TPSA) is 118 Å². The van der Waals surface area contributed by atoms with Gasteiger partial charge in [0, 0.05) is 0 Å². The molecule has 7 nitrogen and oxygen atoms in total. The van der Waals surface area contributed by atoms with Crippen LogP contribution in [0.1, 0.15) is 6.42 Å². The Morgan fingerprint density at radius 2 is 2.32 bits per heavy atom. The number of amides is 1. The minimum atomic E-state index is -0.721. The van der Waals surface area contributed by atoms with Crippen LogP contribution in [0.4, 0.5) is 11.4 Å². The lowest BCUT2D eigenvalue weighted by atomic mass is 10.2. The molecule has 8 heteroatoms. The van der Waals surface area contributed by atoms with Crippen molar-refractivity contribution in [1.29, 1.82) is 0 Å². The molecule has 0 unspecified atom stereocenters. The molecular formula is C11H15N3O4S. The molecule has 1 amide bonds. The molecule has 0 heterocycles. The maximum atomic E-state index is 11.7. The largest absolute Gasteiger partial charge is 0.508 e. The molecule has 1 atom stereocenters. The van der Waals surface area contributed by atoms with Gasteiger partial charge in [0.05, 0.1) is 17.0 Å². The molecular weight excluding hydrogens is 270 g/mol. The molecule has 19 heavy (non-hydrogen) atoms. The van der Waals surface area contributed by atoms with E-state index in [1.54, 1.807) is 11.8 Å². The molecule has 0 aromatic heterocycles. The van der Waals surface area contributed by atoms with Gasteiger partial charge >= 0.3 is 0 Å². The van der Waals surface area contributed by atoms with Crippen LogP contribution in [-0.2, 0) is 4.79 Å². The number of nitrogens with one attached hydrogen (secondary N) is 1. The number of nitrogens with two attached hydrogens (primary N) is 1. The van der Waals surface area contributed by atoms with Crippen LogP contribution in [0.5, 0.6) is 5.75 Å². The standard InChI is InChI=1S/C11H15N3O4S/c1-19-5-4-8(12)11(16)13-9-3-2-7(15)6-10(9)14(17)18/h2-3,6,8,15H,4-5,12H2,1H3,(H,13,16)/t8-/m1/s1. The number of carbonyl (C=O) groups excluding carboxylic acids is 1. The quantitative estimate of drug-likeness (QED) is 0.412. The summed E-state index contributed by atoms with van der Waals surface area (Å²) in [5.41, 5.74) is 5.31. The number of hydrogen-bond acceptors (Lipinski definition) is 6. The van der Waals surface area contributed by atoms with Crippen LogP contribution in [0.2, 0.25) is 0 Å². The molecule has 0 aliphatic carbocycles. The first kappa shape index (κ1) is 15.3. The lowest BCUT2D eigenvalue weighted by Gasteiger charge is -2.11. The number of rotatable bonds is 6. The van der Waals surface area contributed by atoms with E-state index < -0.39 is 16.9 Å². The number of aromatic hydroxyl groups is 1. The number of phenols is 1. The smallest absolute Gasteiger partial charge is 0.296 e. The minimum absolute atomic E-state index is 0.0207. The van der Waals surface area contributed by atoms with E-state index in [1.165, 1.54) is 12.1 Å². The van der Waals surface area contributed by atoms with Crippen molar-refractivity contribution in [2.45, 2.75) is 12.5 Å². The average Bonchev–Trinajstić information content (AvgIpc) is 2.37. The molecule has 0 aliphatic heterocycles. The van der Waals surface area contributed by atoms with E-state index in [-0.39, 0.29) is 17.1 Å². The fourth-order valence-electron chi connectivity index (χ4n) is 1.38. The summed E-state index contributed by atoms with van der Waals surface area (Å²) in [6.45, 7) is 0. The van der Waals surface area contributed by atoms with Gasteiger partial charge in [-0.2, -0.15) is 11.8 Å². The minimum Gasteiger partial charge on any atom is -0.508 e. The molecule has 4 N–H and O–H groups in total. The van der Waals surface area contributed by atoms with Crippen LogP contribution in [0, 0.1) is 10.1 Å². The molecule has 0 saturated carbocycles. The van der Waals surface area contributed by atoms with E-state index in [1.807, 2.05) is 6.26 Å². The molecule has 1 aromatic rings. The zero-order chi connectivity index (χ0) is 14.4. The van der Waals surface area contributed by atoms with Crippen molar-refractivity contribution in [3.8, 4) is 5.75 Å². The Morgan fingerprint density at radius 3 is 2.89 bits per heavy atom. The van der Waals surface area contributed by atoms with Crippen molar-refractivity contribution in [2.75, 3.05) is 17.3 Å².